The number of hydrogen-bond donors (Lipinski definition) is 2. The van der Waals surface area contributed by atoms with Crippen molar-refractivity contribution in [3.8, 4) is 11.5 Å². The van der Waals surface area contributed by atoms with Crippen molar-refractivity contribution in [1.82, 2.24) is 10.2 Å². The average molecular weight is 402 g/mol. The minimum absolute atomic E-state index is 0.0930. The molecule has 0 radical (unpaired) electrons. The van der Waals surface area contributed by atoms with Crippen molar-refractivity contribution in [1.29, 1.82) is 0 Å². The molecular formula is C22H27FN2O4. The summed E-state index contributed by atoms with van der Waals surface area (Å²) in [6.07, 6.45) is 1.37. The lowest BCUT2D eigenvalue weighted by molar-refractivity contribution is -0.124. The molecule has 1 heterocycles. The lowest BCUT2D eigenvalue weighted by Gasteiger charge is -2.38. The van der Waals surface area contributed by atoms with Gasteiger partial charge in [0.25, 0.3) is 0 Å². The molecule has 0 bridgehead atoms. The second-order valence-electron chi connectivity index (χ2n) is 7.41. The molecule has 6 nitrogen and oxygen atoms in total. The molecule has 0 aromatic heterocycles. The van der Waals surface area contributed by atoms with Gasteiger partial charge >= 0.3 is 0 Å². The molecule has 1 aliphatic rings. The molecule has 1 amide bonds. The number of aliphatic hydroxyl groups is 1. The summed E-state index contributed by atoms with van der Waals surface area (Å²) in [4.78, 5) is 14.2. The van der Waals surface area contributed by atoms with Crippen LogP contribution in [-0.4, -0.2) is 54.9 Å². The summed E-state index contributed by atoms with van der Waals surface area (Å²) in [7, 11) is 1.61. The molecule has 156 valence electrons. The standard InChI is InChI=1S/C22H27FN2O4/c1-28-19-7-3-17(4-8-19)13-24-21(26)14-25-12-2-11-22(27,15-25)16-29-20-9-5-18(23)6-10-20/h3-10,27H,2,11-16H2,1H3,(H,24,26). The van der Waals surface area contributed by atoms with Crippen LogP contribution in [0.2, 0.25) is 0 Å². The molecule has 0 spiro atoms. The van der Waals surface area contributed by atoms with Crippen molar-refractivity contribution in [3.05, 3.63) is 59.9 Å². The normalized spacial score (nSPS) is 19.6. The van der Waals surface area contributed by atoms with E-state index >= 15 is 0 Å². The van der Waals surface area contributed by atoms with Crippen LogP contribution in [0.25, 0.3) is 0 Å². The van der Waals surface area contributed by atoms with Crippen LogP contribution in [0.3, 0.4) is 0 Å². The van der Waals surface area contributed by atoms with Gasteiger partial charge in [0, 0.05) is 13.1 Å². The molecule has 2 aromatic carbocycles. The third kappa shape index (κ3) is 6.44. The summed E-state index contributed by atoms with van der Waals surface area (Å²) in [5.41, 5.74) is -0.0508. The Hall–Kier alpha value is -2.64. The van der Waals surface area contributed by atoms with Gasteiger partial charge in [-0.15, -0.1) is 0 Å². The minimum Gasteiger partial charge on any atom is -0.497 e. The summed E-state index contributed by atoms with van der Waals surface area (Å²) in [6.45, 7) is 1.85. The van der Waals surface area contributed by atoms with E-state index in [9.17, 15) is 14.3 Å². The molecule has 1 aliphatic heterocycles. The summed E-state index contributed by atoms with van der Waals surface area (Å²) in [6, 6.07) is 13.2. The molecule has 0 aliphatic carbocycles. The summed E-state index contributed by atoms with van der Waals surface area (Å²) < 4.78 is 23.7. The van der Waals surface area contributed by atoms with E-state index in [0.717, 1.165) is 24.3 Å². The lowest BCUT2D eigenvalue weighted by atomic mass is 9.93. The monoisotopic (exact) mass is 402 g/mol. The molecular weight excluding hydrogens is 375 g/mol. The molecule has 29 heavy (non-hydrogen) atoms. The van der Waals surface area contributed by atoms with Gasteiger partial charge in [-0.1, -0.05) is 12.1 Å². The van der Waals surface area contributed by atoms with Crippen LogP contribution in [0, 0.1) is 5.82 Å². The fourth-order valence-corrected chi connectivity index (χ4v) is 3.41. The predicted octanol–water partition coefficient (Wildman–Crippen LogP) is 2.36. The number of hydrogen-bond acceptors (Lipinski definition) is 5. The minimum atomic E-state index is -1.04. The number of rotatable bonds is 8. The Morgan fingerprint density at radius 3 is 2.55 bits per heavy atom. The van der Waals surface area contributed by atoms with Crippen LogP contribution in [-0.2, 0) is 11.3 Å². The number of nitrogens with one attached hydrogen (secondary N) is 1. The number of amides is 1. The maximum Gasteiger partial charge on any atom is 0.234 e. The van der Waals surface area contributed by atoms with Gasteiger partial charge in [0.15, 0.2) is 0 Å². The lowest BCUT2D eigenvalue weighted by Crippen LogP contribution is -2.53. The number of ether oxygens (including phenoxy) is 2. The van der Waals surface area contributed by atoms with Crippen LogP contribution in [0.4, 0.5) is 4.39 Å². The van der Waals surface area contributed by atoms with E-state index in [1.54, 1.807) is 7.11 Å². The van der Waals surface area contributed by atoms with Crippen molar-refractivity contribution >= 4 is 5.91 Å². The Balaban J connectivity index is 1.45. The van der Waals surface area contributed by atoms with Crippen molar-refractivity contribution in [2.45, 2.75) is 25.0 Å². The quantitative estimate of drug-likeness (QED) is 0.709. The first-order chi connectivity index (χ1) is 14.0. The smallest absolute Gasteiger partial charge is 0.234 e. The Morgan fingerprint density at radius 2 is 1.86 bits per heavy atom. The number of methoxy groups -OCH3 is 1. The van der Waals surface area contributed by atoms with E-state index in [4.69, 9.17) is 9.47 Å². The van der Waals surface area contributed by atoms with E-state index in [0.29, 0.717) is 25.3 Å². The first-order valence-corrected chi connectivity index (χ1v) is 9.68. The third-order valence-electron chi connectivity index (χ3n) is 4.97. The number of β-amino-alcohol motifs (C(OH)–C–C–N with tert-alkyl or cyclic N) is 1. The van der Waals surface area contributed by atoms with E-state index < -0.39 is 5.60 Å². The number of benzene rings is 2. The van der Waals surface area contributed by atoms with E-state index in [-0.39, 0.29) is 24.9 Å². The number of piperidine rings is 1. The second-order valence-corrected chi connectivity index (χ2v) is 7.41. The molecule has 7 heteroatoms. The van der Waals surface area contributed by atoms with Gasteiger partial charge in [-0.2, -0.15) is 0 Å². The van der Waals surface area contributed by atoms with Gasteiger partial charge in [0.05, 0.1) is 13.7 Å². The SMILES string of the molecule is COc1ccc(CNC(=O)CN2CCCC(O)(COc3ccc(F)cc3)C2)cc1. The largest absolute Gasteiger partial charge is 0.497 e. The molecule has 3 rings (SSSR count). The van der Waals surface area contributed by atoms with Crippen LogP contribution >= 0.6 is 0 Å². The summed E-state index contributed by atoms with van der Waals surface area (Å²) in [5.74, 6) is 0.856. The molecule has 2 aromatic rings. The molecule has 1 unspecified atom stereocenters. The third-order valence-corrected chi connectivity index (χ3v) is 4.97. The zero-order valence-corrected chi connectivity index (χ0v) is 16.6. The number of nitrogens with zero attached hydrogens (tertiary/aromatic N) is 1. The second kappa shape index (κ2) is 9.71. The van der Waals surface area contributed by atoms with Gasteiger partial charge in [-0.25, -0.2) is 4.39 Å². The first kappa shape index (κ1) is 21.1. The number of halogens is 1. The number of likely N-dealkylation sites (tertiary alicyclic amines) is 1. The van der Waals surface area contributed by atoms with Gasteiger partial charge in [-0.05, 0) is 61.3 Å². The van der Waals surface area contributed by atoms with Crippen LogP contribution < -0.4 is 14.8 Å². The fourth-order valence-electron chi connectivity index (χ4n) is 3.41. The van der Waals surface area contributed by atoms with Crippen LogP contribution in [0.5, 0.6) is 11.5 Å². The number of carbonyl (C=O) groups is 1. The zero-order chi connectivity index (χ0) is 20.7. The van der Waals surface area contributed by atoms with Crippen molar-refractivity contribution in [2.24, 2.45) is 0 Å². The molecule has 1 saturated heterocycles. The fraction of sp³-hybridized carbons (Fsp3) is 0.409. The van der Waals surface area contributed by atoms with Gasteiger partial charge in [-0.3, -0.25) is 9.69 Å². The van der Waals surface area contributed by atoms with E-state index in [1.807, 2.05) is 29.2 Å². The zero-order valence-electron chi connectivity index (χ0n) is 16.6. The summed E-state index contributed by atoms with van der Waals surface area (Å²) >= 11 is 0. The van der Waals surface area contributed by atoms with Gasteiger partial charge in [0.1, 0.15) is 29.5 Å². The molecule has 0 saturated carbocycles. The van der Waals surface area contributed by atoms with Crippen molar-refractivity contribution in [3.63, 3.8) is 0 Å². The van der Waals surface area contributed by atoms with E-state index in [1.165, 1.54) is 24.3 Å². The number of carbonyl (C=O) groups excluding carboxylic acids is 1. The highest BCUT2D eigenvalue weighted by Gasteiger charge is 2.34. The van der Waals surface area contributed by atoms with Crippen molar-refractivity contribution in [2.75, 3.05) is 33.4 Å². The molecule has 1 atom stereocenters. The molecule has 1 fully saturated rings. The first-order valence-electron chi connectivity index (χ1n) is 9.68. The highest BCUT2D eigenvalue weighted by atomic mass is 19.1. The Morgan fingerprint density at radius 1 is 1.17 bits per heavy atom. The van der Waals surface area contributed by atoms with Gasteiger partial charge in [0.2, 0.25) is 5.91 Å². The van der Waals surface area contributed by atoms with Crippen LogP contribution in [0.1, 0.15) is 18.4 Å². The van der Waals surface area contributed by atoms with Crippen LogP contribution in [0.15, 0.2) is 48.5 Å². The molecule has 2 N–H and O–H groups in total. The van der Waals surface area contributed by atoms with Gasteiger partial charge < -0.3 is 19.9 Å². The maximum atomic E-state index is 13.0. The average Bonchev–Trinajstić information content (AvgIpc) is 2.72. The predicted molar refractivity (Wildman–Crippen MR) is 107 cm³/mol. The Kier molecular flexibility index (Phi) is 7.06. The maximum absolute atomic E-state index is 13.0. The highest BCUT2D eigenvalue weighted by Crippen LogP contribution is 2.23. The van der Waals surface area contributed by atoms with Crippen molar-refractivity contribution < 1.29 is 23.8 Å². The summed E-state index contributed by atoms with van der Waals surface area (Å²) in [5, 5.41) is 13.7. The highest BCUT2D eigenvalue weighted by molar-refractivity contribution is 5.78. The Bertz CT molecular complexity index is 797. The van der Waals surface area contributed by atoms with E-state index in [2.05, 4.69) is 5.32 Å². The topological polar surface area (TPSA) is 71.0 Å². The Labute approximate surface area is 170 Å².